The molecule has 2 fully saturated rings. The van der Waals surface area contributed by atoms with E-state index in [9.17, 15) is 18.0 Å². The number of hydrogen-bond acceptors (Lipinski definition) is 6. The Balaban J connectivity index is 1.35. The summed E-state index contributed by atoms with van der Waals surface area (Å²) in [6.45, 7) is 2.45. The molecular formula is C35H43N3O6S. The summed E-state index contributed by atoms with van der Waals surface area (Å²) in [6, 6.07) is 23.3. The maximum Gasteiger partial charge on any atom is 0.243 e. The Morgan fingerprint density at radius 1 is 0.933 bits per heavy atom. The third kappa shape index (κ3) is 8.71. The van der Waals surface area contributed by atoms with E-state index >= 15 is 0 Å². The minimum Gasteiger partial charge on any atom is -0.497 e. The van der Waals surface area contributed by atoms with Gasteiger partial charge in [0.15, 0.2) is 0 Å². The lowest BCUT2D eigenvalue weighted by atomic mass is 10.0. The van der Waals surface area contributed by atoms with Crippen LogP contribution in [-0.4, -0.2) is 74.9 Å². The Labute approximate surface area is 266 Å². The van der Waals surface area contributed by atoms with Crippen LogP contribution in [0.4, 0.5) is 0 Å². The molecule has 0 saturated carbocycles. The summed E-state index contributed by atoms with van der Waals surface area (Å²) in [5, 5.41) is 3.06. The lowest BCUT2D eigenvalue weighted by molar-refractivity contribution is -0.141. The Bertz CT molecular complexity index is 1500. The molecule has 45 heavy (non-hydrogen) atoms. The smallest absolute Gasteiger partial charge is 0.243 e. The fourth-order valence-electron chi connectivity index (χ4n) is 5.92. The van der Waals surface area contributed by atoms with Crippen LogP contribution in [0.5, 0.6) is 5.75 Å². The summed E-state index contributed by atoms with van der Waals surface area (Å²) in [6.07, 6.45) is 4.56. The van der Waals surface area contributed by atoms with Crippen LogP contribution in [-0.2, 0) is 43.7 Å². The van der Waals surface area contributed by atoms with E-state index in [1.165, 1.54) is 4.31 Å². The van der Waals surface area contributed by atoms with Crippen LogP contribution in [0.1, 0.15) is 48.8 Å². The fourth-order valence-corrected chi connectivity index (χ4v) is 7.44. The number of rotatable bonds is 14. The van der Waals surface area contributed by atoms with Crippen molar-refractivity contribution in [2.75, 3.05) is 33.4 Å². The molecule has 9 nitrogen and oxygen atoms in total. The quantitative estimate of drug-likeness (QED) is 0.283. The van der Waals surface area contributed by atoms with Gasteiger partial charge in [-0.2, -0.15) is 4.31 Å². The molecular weight excluding hydrogens is 590 g/mol. The number of aryl methyl sites for hydroxylation is 1. The highest BCUT2D eigenvalue weighted by atomic mass is 32.2. The van der Waals surface area contributed by atoms with Crippen molar-refractivity contribution in [3.8, 4) is 5.75 Å². The molecule has 2 heterocycles. The molecule has 2 aliphatic rings. The first-order valence-corrected chi connectivity index (χ1v) is 17.2. The molecule has 0 unspecified atom stereocenters. The molecule has 0 radical (unpaired) electrons. The zero-order valence-corrected chi connectivity index (χ0v) is 26.7. The largest absolute Gasteiger partial charge is 0.497 e. The van der Waals surface area contributed by atoms with Crippen LogP contribution in [0.3, 0.4) is 0 Å². The van der Waals surface area contributed by atoms with E-state index in [-0.39, 0.29) is 35.8 Å². The van der Waals surface area contributed by atoms with Crippen molar-refractivity contribution >= 4 is 21.8 Å². The monoisotopic (exact) mass is 633 g/mol. The summed E-state index contributed by atoms with van der Waals surface area (Å²) in [5.74, 6) is 0.336. The van der Waals surface area contributed by atoms with Crippen molar-refractivity contribution in [3.05, 3.63) is 95.6 Å². The molecule has 2 saturated heterocycles. The van der Waals surface area contributed by atoms with Crippen molar-refractivity contribution in [2.24, 2.45) is 0 Å². The van der Waals surface area contributed by atoms with E-state index in [4.69, 9.17) is 9.47 Å². The van der Waals surface area contributed by atoms with Gasteiger partial charge in [0.2, 0.25) is 21.8 Å². The van der Waals surface area contributed by atoms with Gasteiger partial charge in [0.1, 0.15) is 11.8 Å². The summed E-state index contributed by atoms with van der Waals surface area (Å²) in [7, 11) is -1.90. The number of nitrogens with one attached hydrogen (secondary N) is 1. The molecule has 0 spiro atoms. The number of sulfonamides is 1. The number of methoxy groups -OCH3 is 1. The van der Waals surface area contributed by atoms with Crippen LogP contribution in [0.2, 0.25) is 0 Å². The average molecular weight is 634 g/mol. The Kier molecular flexibility index (Phi) is 11.3. The number of benzene rings is 3. The molecule has 10 heteroatoms. The maximum atomic E-state index is 14.0. The van der Waals surface area contributed by atoms with Crippen LogP contribution in [0.25, 0.3) is 0 Å². The highest BCUT2D eigenvalue weighted by molar-refractivity contribution is 7.89. The minimum atomic E-state index is -3.51. The summed E-state index contributed by atoms with van der Waals surface area (Å²) >= 11 is 0. The fraction of sp³-hybridized carbons (Fsp3) is 0.429. The Morgan fingerprint density at radius 2 is 1.62 bits per heavy atom. The van der Waals surface area contributed by atoms with Gasteiger partial charge in [0, 0.05) is 45.6 Å². The van der Waals surface area contributed by atoms with Gasteiger partial charge in [-0.3, -0.25) is 9.59 Å². The maximum absolute atomic E-state index is 14.0. The van der Waals surface area contributed by atoms with E-state index in [2.05, 4.69) is 5.32 Å². The molecule has 2 aliphatic heterocycles. The number of ether oxygens (including phenoxy) is 2. The van der Waals surface area contributed by atoms with Crippen molar-refractivity contribution in [2.45, 2.75) is 68.5 Å². The molecule has 240 valence electrons. The lowest BCUT2D eigenvalue weighted by Crippen LogP contribution is -2.51. The minimum absolute atomic E-state index is 0.0191. The van der Waals surface area contributed by atoms with Gasteiger partial charge in [-0.05, 0) is 73.1 Å². The number of nitrogens with zero attached hydrogens (tertiary/aromatic N) is 2. The summed E-state index contributed by atoms with van der Waals surface area (Å²) in [5.41, 5.74) is 2.69. The van der Waals surface area contributed by atoms with Crippen molar-refractivity contribution in [1.29, 1.82) is 0 Å². The topological polar surface area (TPSA) is 105 Å². The van der Waals surface area contributed by atoms with E-state index in [0.29, 0.717) is 44.8 Å². The molecule has 0 bridgehead atoms. The molecule has 5 rings (SSSR count). The third-order valence-electron chi connectivity index (χ3n) is 8.56. The van der Waals surface area contributed by atoms with Crippen molar-refractivity contribution in [3.63, 3.8) is 0 Å². The van der Waals surface area contributed by atoms with Gasteiger partial charge >= 0.3 is 0 Å². The third-order valence-corrected chi connectivity index (χ3v) is 10.5. The summed E-state index contributed by atoms with van der Waals surface area (Å²) < 4.78 is 38.5. The molecule has 0 aromatic heterocycles. The highest BCUT2D eigenvalue weighted by Gasteiger charge is 2.31. The van der Waals surface area contributed by atoms with Gasteiger partial charge in [-0.15, -0.1) is 0 Å². The first kappa shape index (κ1) is 32.7. The van der Waals surface area contributed by atoms with Gasteiger partial charge in [-0.25, -0.2) is 8.42 Å². The van der Waals surface area contributed by atoms with E-state index < -0.39 is 16.1 Å². The second-order valence-corrected chi connectivity index (χ2v) is 13.6. The second-order valence-electron chi connectivity index (χ2n) is 11.7. The van der Waals surface area contributed by atoms with Crippen LogP contribution in [0.15, 0.2) is 83.8 Å². The molecule has 0 aliphatic carbocycles. The van der Waals surface area contributed by atoms with E-state index in [1.54, 1.807) is 36.3 Å². The average Bonchev–Trinajstić information content (AvgIpc) is 3.81. The Hall–Kier alpha value is -3.73. The second kappa shape index (κ2) is 15.5. The lowest BCUT2D eigenvalue weighted by Gasteiger charge is -2.32. The number of carbonyl (C=O) groups excluding carboxylic acids is 2. The van der Waals surface area contributed by atoms with Crippen LogP contribution < -0.4 is 10.1 Å². The standard InChI is InChI=1S/C35H43N3O6S/c1-43-30-16-11-29(12-17-30)26-38(33(24-28-8-3-2-4-9-28)35(40)36-25-31-10-7-23-44-31)34(39)20-15-27-13-18-32(19-14-27)45(41,42)37-21-5-6-22-37/h2-4,8-9,11-14,16-19,31,33H,5-7,10,15,20-26H2,1H3,(H,36,40)/t31-,33-/m0/s1. The summed E-state index contributed by atoms with van der Waals surface area (Å²) in [4.78, 5) is 29.8. The van der Waals surface area contributed by atoms with Crippen LogP contribution in [0, 0.1) is 0 Å². The normalized spacial score (nSPS) is 17.6. The van der Waals surface area contributed by atoms with E-state index in [1.807, 2.05) is 54.6 Å². The van der Waals surface area contributed by atoms with Crippen molar-refractivity contribution < 1.29 is 27.5 Å². The predicted molar refractivity (Wildman–Crippen MR) is 172 cm³/mol. The molecule has 2 atom stereocenters. The highest BCUT2D eigenvalue weighted by Crippen LogP contribution is 2.23. The SMILES string of the molecule is COc1ccc(CN(C(=O)CCc2ccc(S(=O)(=O)N3CCCC3)cc2)[C@@H](Cc2ccccc2)C(=O)NC[C@@H]2CCCO2)cc1. The molecule has 2 amide bonds. The predicted octanol–water partition coefficient (Wildman–Crippen LogP) is 4.35. The van der Waals surface area contributed by atoms with Gasteiger partial charge < -0.3 is 19.7 Å². The first-order valence-electron chi connectivity index (χ1n) is 15.8. The number of hydrogen-bond donors (Lipinski definition) is 1. The Morgan fingerprint density at radius 3 is 2.27 bits per heavy atom. The first-order chi connectivity index (χ1) is 21.8. The van der Waals surface area contributed by atoms with Gasteiger partial charge in [-0.1, -0.05) is 54.6 Å². The zero-order valence-electron chi connectivity index (χ0n) is 25.9. The number of amides is 2. The van der Waals surface area contributed by atoms with Crippen molar-refractivity contribution in [1.82, 2.24) is 14.5 Å². The van der Waals surface area contributed by atoms with Crippen LogP contribution >= 0.6 is 0 Å². The van der Waals surface area contributed by atoms with Gasteiger partial charge in [0.05, 0.1) is 18.1 Å². The molecule has 3 aromatic carbocycles. The zero-order chi connectivity index (χ0) is 31.6. The van der Waals surface area contributed by atoms with Gasteiger partial charge in [0.25, 0.3) is 0 Å². The van der Waals surface area contributed by atoms with E-state index in [0.717, 1.165) is 42.4 Å². The molecule has 3 aromatic rings. The number of carbonyl (C=O) groups is 2. The molecule has 1 N–H and O–H groups in total.